The quantitative estimate of drug-likeness (QED) is 0.849. The molecular formula is C12H10N2S. The third-order valence-corrected chi connectivity index (χ3v) is 2.98. The maximum atomic E-state index is 9.05. The topological polar surface area (TPSA) is 35.8 Å². The third kappa shape index (κ3) is 2.36. The third-order valence-electron chi connectivity index (χ3n) is 2.04. The normalized spacial score (nSPS) is 11.7. The van der Waals surface area contributed by atoms with E-state index in [1.807, 2.05) is 47.8 Å². The number of anilines is 1. The Labute approximate surface area is 92.8 Å². The minimum absolute atomic E-state index is 0.257. The lowest BCUT2D eigenvalue weighted by Crippen LogP contribution is -2.06. The van der Waals surface area contributed by atoms with E-state index in [1.54, 1.807) is 11.3 Å². The maximum absolute atomic E-state index is 9.05. The Hall–Kier alpha value is -1.79. The molecule has 2 rings (SSSR count). The molecule has 0 radical (unpaired) electrons. The summed E-state index contributed by atoms with van der Waals surface area (Å²) in [6, 6.07) is 15.7. The molecular weight excluding hydrogens is 204 g/mol. The van der Waals surface area contributed by atoms with Crippen molar-refractivity contribution in [2.24, 2.45) is 0 Å². The zero-order valence-corrected chi connectivity index (χ0v) is 8.87. The Morgan fingerprint density at radius 1 is 1.13 bits per heavy atom. The summed E-state index contributed by atoms with van der Waals surface area (Å²) in [6.07, 6.45) is 0. The van der Waals surface area contributed by atoms with Crippen molar-refractivity contribution in [2.75, 3.05) is 5.32 Å². The first kappa shape index (κ1) is 9.75. The largest absolute Gasteiger partial charge is 0.366 e. The lowest BCUT2D eigenvalue weighted by molar-refractivity contribution is 1.03. The van der Waals surface area contributed by atoms with E-state index >= 15 is 0 Å². The minimum atomic E-state index is -0.257. The molecule has 0 aliphatic heterocycles. The molecule has 1 aromatic carbocycles. The van der Waals surface area contributed by atoms with Gasteiger partial charge in [-0.2, -0.15) is 5.26 Å². The highest BCUT2D eigenvalue weighted by molar-refractivity contribution is 7.10. The molecule has 1 N–H and O–H groups in total. The van der Waals surface area contributed by atoms with E-state index in [1.165, 1.54) is 0 Å². The van der Waals surface area contributed by atoms with Gasteiger partial charge in [0.1, 0.15) is 6.04 Å². The van der Waals surface area contributed by atoms with Crippen molar-refractivity contribution in [3.63, 3.8) is 0 Å². The Bertz CT molecular complexity index is 442. The minimum Gasteiger partial charge on any atom is -0.366 e. The number of hydrogen-bond acceptors (Lipinski definition) is 3. The molecule has 15 heavy (non-hydrogen) atoms. The molecule has 1 aromatic heterocycles. The Morgan fingerprint density at radius 3 is 2.53 bits per heavy atom. The predicted octanol–water partition coefficient (Wildman–Crippen LogP) is 3.42. The number of thiophene rings is 1. The van der Waals surface area contributed by atoms with Crippen LogP contribution >= 0.6 is 11.3 Å². The van der Waals surface area contributed by atoms with Gasteiger partial charge in [0.25, 0.3) is 0 Å². The fourth-order valence-electron chi connectivity index (χ4n) is 1.32. The highest BCUT2D eigenvalue weighted by Gasteiger charge is 2.10. The molecule has 2 nitrogen and oxygen atoms in total. The Morgan fingerprint density at radius 2 is 1.93 bits per heavy atom. The van der Waals surface area contributed by atoms with Crippen LogP contribution in [-0.2, 0) is 0 Å². The van der Waals surface area contributed by atoms with E-state index in [2.05, 4.69) is 11.4 Å². The number of benzene rings is 1. The molecule has 0 spiro atoms. The first-order valence-electron chi connectivity index (χ1n) is 4.65. The van der Waals surface area contributed by atoms with Gasteiger partial charge in [0, 0.05) is 10.6 Å². The lowest BCUT2D eigenvalue weighted by Gasteiger charge is -2.10. The van der Waals surface area contributed by atoms with Crippen molar-refractivity contribution in [1.29, 1.82) is 5.26 Å². The number of hydrogen-bond donors (Lipinski definition) is 1. The van der Waals surface area contributed by atoms with Gasteiger partial charge in [0.05, 0.1) is 6.07 Å². The molecule has 3 heteroatoms. The van der Waals surface area contributed by atoms with E-state index < -0.39 is 0 Å². The summed E-state index contributed by atoms with van der Waals surface area (Å²) < 4.78 is 0. The second-order valence-electron chi connectivity index (χ2n) is 3.09. The van der Waals surface area contributed by atoms with Gasteiger partial charge in [-0.05, 0) is 23.6 Å². The Kier molecular flexibility index (Phi) is 3.01. The summed E-state index contributed by atoms with van der Waals surface area (Å²) in [5.41, 5.74) is 0.970. The van der Waals surface area contributed by atoms with Crippen LogP contribution in [0.1, 0.15) is 10.9 Å². The highest BCUT2D eigenvalue weighted by atomic mass is 32.1. The number of nitrogens with one attached hydrogen (secondary N) is 1. The SMILES string of the molecule is N#C[C@@H](Nc1ccccc1)c1cccs1. The van der Waals surface area contributed by atoms with Gasteiger partial charge in [0.2, 0.25) is 0 Å². The van der Waals surface area contributed by atoms with Crippen LogP contribution < -0.4 is 5.32 Å². The molecule has 0 bridgehead atoms. The van der Waals surface area contributed by atoms with Crippen LogP contribution in [0.3, 0.4) is 0 Å². The van der Waals surface area contributed by atoms with E-state index in [4.69, 9.17) is 5.26 Å². The van der Waals surface area contributed by atoms with Gasteiger partial charge in [-0.15, -0.1) is 11.3 Å². The van der Waals surface area contributed by atoms with Crippen LogP contribution in [0.2, 0.25) is 0 Å². The molecule has 74 valence electrons. The highest BCUT2D eigenvalue weighted by Crippen LogP contribution is 2.22. The van der Waals surface area contributed by atoms with E-state index in [0.717, 1.165) is 10.6 Å². The van der Waals surface area contributed by atoms with Crippen LogP contribution in [0.5, 0.6) is 0 Å². The second-order valence-corrected chi connectivity index (χ2v) is 4.07. The number of nitriles is 1. The summed E-state index contributed by atoms with van der Waals surface area (Å²) >= 11 is 1.59. The zero-order valence-electron chi connectivity index (χ0n) is 8.05. The summed E-state index contributed by atoms with van der Waals surface area (Å²) in [6.45, 7) is 0. The van der Waals surface area contributed by atoms with Crippen LogP contribution in [-0.4, -0.2) is 0 Å². The number of nitrogens with zero attached hydrogens (tertiary/aromatic N) is 1. The van der Waals surface area contributed by atoms with Gasteiger partial charge < -0.3 is 5.32 Å². The standard InChI is InChI=1S/C12H10N2S/c13-9-11(12-7-4-8-15-12)14-10-5-2-1-3-6-10/h1-8,11,14H/t11-/m1/s1. The van der Waals surface area contributed by atoms with Gasteiger partial charge in [0.15, 0.2) is 0 Å². The molecule has 0 amide bonds. The molecule has 2 aromatic rings. The van der Waals surface area contributed by atoms with Crippen LogP contribution in [0, 0.1) is 11.3 Å². The molecule has 0 unspecified atom stereocenters. The van der Waals surface area contributed by atoms with Gasteiger partial charge in [-0.3, -0.25) is 0 Å². The summed E-state index contributed by atoms with van der Waals surface area (Å²) in [5, 5.41) is 14.2. The van der Waals surface area contributed by atoms with Crippen molar-refractivity contribution in [2.45, 2.75) is 6.04 Å². The Balaban J connectivity index is 2.14. The van der Waals surface area contributed by atoms with Crippen molar-refractivity contribution >= 4 is 17.0 Å². The van der Waals surface area contributed by atoms with E-state index in [9.17, 15) is 0 Å². The first-order chi connectivity index (χ1) is 7.40. The monoisotopic (exact) mass is 214 g/mol. The second kappa shape index (κ2) is 4.63. The molecule has 0 aliphatic carbocycles. The summed E-state index contributed by atoms with van der Waals surface area (Å²) in [5.74, 6) is 0. The summed E-state index contributed by atoms with van der Waals surface area (Å²) in [4.78, 5) is 1.04. The molecule has 0 saturated heterocycles. The number of rotatable bonds is 3. The van der Waals surface area contributed by atoms with E-state index in [0.29, 0.717) is 0 Å². The number of para-hydroxylation sites is 1. The molecule has 1 atom stereocenters. The van der Waals surface area contributed by atoms with Crippen molar-refractivity contribution in [3.8, 4) is 6.07 Å². The average molecular weight is 214 g/mol. The van der Waals surface area contributed by atoms with Gasteiger partial charge in [-0.1, -0.05) is 24.3 Å². The first-order valence-corrected chi connectivity index (χ1v) is 5.53. The van der Waals surface area contributed by atoms with Gasteiger partial charge >= 0.3 is 0 Å². The predicted molar refractivity (Wildman–Crippen MR) is 62.7 cm³/mol. The van der Waals surface area contributed by atoms with Crippen LogP contribution in [0.15, 0.2) is 47.8 Å². The fraction of sp³-hybridized carbons (Fsp3) is 0.0833. The molecule has 0 saturated carbocycles. The molecule has 0 aliphatic rings. The van der Waals surface area contributed by atoms with Crippen LogP contribution in [0.4, 0.5) is 5.69 Å². The molecule has 0 fully saturated rings. The lowest BCUT2D eigenvalue weighted by atomic mass is 10.2. The average Bonchev–Trinajstić information content (AvgIpc) is 2.81. The smallest absolute Gasteiger partial charge is 0.149 e. The summed E-state index contributed by atoms with van der Waals surface area (Å²) in [7, 11) is 0. The van der Waals surface area contributed by atoms with Gasteiger partial charge in [-0.25, -0.2) is 0 Å². The van der Waals surface area contributed by atoms with E-state index in [-0.39, 0.29) is 6.04 Å². The van der Waals surface area contributed by atoms with Crippen molar-refractivity contribution < 1.29 is 0 Å². The van der Waals surface area contributed by atoms with Crippen molar-refractivity contribution in [1.82, 2.24) is 0 Å². The fourth-order valence-corrected chi connectivity index (χ4v) is 2.04. The van der Waals surface area contributed by atoms with Crippen LogP contribution in [0.25, 0.3) is 0 Å². The van der Waals surface area contributed by atoms with Crippen molar-refractivity contribution in [3.05, 3.63) is 52.7 Å². The zero-order chi connectivity index (χ0) is 10.5. The molecule has 1 heterocycles. The maximum Gasteiger partial charge on any atom is 0.149 e.